The molecule has 0 saturated carbocycles. The Bertz CT molecular complexity index is 1420. The fourth-order valence-corrected chi connectivity index (χ4v) is 4.44. The standard InChI is InChI=1S/C24H21FN6OS/c1-13-8-19(11-27-23(13)26-5)31-16(4)21(14(2)30-31)17-6-7-18(20(25)9-17)10-28-24(32)22-15(3)29-12-33-22/h6-9,11-12H,10H2,1-4H3,(H,28,32). The Labute approximate surface area is 194 Å². The smallest absolute Gasteiger partial charge is 0.272 e. The van der Waals surface area contributed by atoms with E-state index in [4.69, 9.17) is 6.57 Å². The molecule has 33 heavy (non-hydrogen) atoms. The van der Waals surface area contributed by atoms with Crippen LogP contribution in [0.1, 0.15) is 37.9 Å². The summed E-state index contributed by atoms with van der Waals surface area (Å²) in [5.41, 5.74) is 7.29. The molecule has 1 N–H and O–H groups in total. The summed E-state index contributed by atoms with van der Waals surface area (Å²) in [7, 11) is 0. The molecular weight excluding hydrogens is 439 g/mol. The number of halogens is 1. The molecule has 0 fully saturated rings. The molecule has 1 amide bonds. The van der Waals surface area contributed by atoms with Crippen molar-refractivity contribution in [3.63, 3.8) is 0 Å². The molecule has 3 heterocycles. The number of carbonyl (C=O) groups is 1. The number of pyridine rings is 1. The van der Waals surface area contributed by atoms with Crippen LogP contribution < -0.4 is 5.32 Å². The first-order chi connectivity index (χ1) is 15.8. The number of aryl methyl sites for hydroxylation is 3. The number of hydrogen-bond acceptors (Lipinski definition) is 5. The molecule has 166 valence electrons. The Morgan fingerprint density at radius 1 is 1.18 bits per heavy atom. The van der Waals surface area contributed by atoms with Crippen LogP contribution in [0.25, 0.3) is 21.7 Å². The normalized spacial score (nSPS) is 10.8. The quantitative estimate of drug-likeness (QED) is 0.413. The second-order valence-electron chi connectivity index (χ2n) is 7.66. The summed E-state index contributed by atoms with van der Waals surface area (Å²) < 4.78 is 16.7. The van der Waals surface area contributed by atoms with Crippen molar-refractivity contribution in [2.24, 2.45) is 0 Å². The van der Waals surface area contributed by atoms with Crippen LogP contribution >= 0.6 is 11.3 Å². The van der Waals surface area contributed by atoms with E-state index in [9.17, 15) is 9.18 Å². The summed E-state index contributed by atoms with van der Waals surface area (Å²) in [6, 6.07) is 6.83. The lowest BCUT2D eigenvalue weighted by Crippen LogP contribution is -2.23. The van der Waals surface area contributed by atoms with Crippen molar-refractivity contribution in [3.8, 4) is 16.8 Å². The number of nitrogens with one attached hydrogen (secondary N) is 1. The van der Waals surface area contributed by atoms with E-state index in [-0.39, 0.29) is 12.5 Å². The van der Waals surface area contributed by atoms with Crippen LogP contribution in [0.2, 0.25) is 0 Å². The van der Waals surface area contributed by atoms with E-state index in [1.54, 1.807) is 29.4 Å². The van der Waals surface area contributed by atoms with E-state index in [0.717, 1.165) is 28.2 Å². The zero-order valence-corrected chi connectivity index (χ0v) is 19.4. The maximum Gasteiger partial charge on any atom is 0.272 e. The SMILES string of the molecule is [C-]#[N+]c1ncc(-n2nc(C)c(-c3ccc(CNC(=O)c4scnc4C)c(F)c3)c2C)cc1C. The van der Waals surface area contributed by atoms with E-state index in [2.05, 4.69) is 25.2 Å². The maximum atomic E-state index is 14.9. The number of rotatable bonds is 5. The highest BCUT2D eigenvalue weighted by molar-refractivity contribution is 7.11. The van der Waals surface area contributed by atoms with Crippen molar-refractivity contribution in [1.82, 2.24) is 25.1 Å². The van der Waals surface area contributed by atoms with Gasteiger partial charge in [-0.3, -0.25) is 4.79 Å². The van der Waals surface area contributed by atoms with Crippen LogP contribution in [0.4, 0.5) is 10.2 Å². The average Bonchev–Trinajstić information content (AvgIpc) is 3.35. The van der Waals surface area contributed by atoms with Gasteiger partial charge in [0.05, 0.1) is 16.9 Å². The molecule has 0 radical (unpaired) electrons. The molecule has 1 aromatic carbocycles. The van der Waals surface area contributed by atoms with Gasteiger partial charge in [0.2, 0.25) is 0 Å². The molecular formula is C24H21FN6OS. The third kappa shape index (κ3) is 4.25. The van der Waals surface area contributed by atoms with Crippen molar-refractivity contribution in [2.45, 2.75) is 34.2 Å². The first-order valence-electron chi connectivity index (χ1n) is 10.2. The molecule has 0 unspecified atom stereocenters. The Balaban J connectivity index is 1.59. The minimum Gasteiger partial charge on any atom is -0.360 e. The number of nitrogens with zero attached hydrogens (tertiary/aromatic N) is 5. The number of hydrogen-bond donors (Lipinski definition) is 1. The summed E-state index contributed by atoms with van der Waals surface area (Å²) in [5, 5.41) is 7.37. The zero-order valence-electron chi connectivity index (χ0n) is 18.6. The minimum atomic E-state index is -0.403. The monoisotopic (exact) mass is 460 g/mol. The van der Waals surface area contributed by atoms with Gasteiger partial charge in [0.15, 0.2) is 0 Å². The Morgan fingerprint density at radius 2 is 1.97 bits per heavy atom. The summed E-state index contributed by atoms with van der Waals surface area (Å²) in [5.74, 6) is -0.311. The minimum absolute atomic E-state index is 0.0812. The van der Waals surface area contributed by atoms with Crippen LogP contribution in [0.5, 0.6) is 0 Å². The summed E-state index contributed by atoms with van der Waals surface area (Å²) in [4.78, 5) is 24.5. The number of amides is 1. The van der Waals surface area contributed by atoms with E-state index >= 15 is 0 Å². The Kier molecular flexibility index (Phi) is 6.03. The van der Waals surface area contributed by atoms with E-state index in [1.807, 2.05) is 32.9 Å². The van der Waals surface area contributed by atoms with Gasteiger partial charge in [-0.15, -0.1) is 16.3 Å². The molecule has 4 rings (SSSR count). The van der Waals surface area contributed by atoms with Crippen LogP contribution in [-0.2, 0) is 6.54 Å². The second kappa shape index (κ2) is 8.92. The highest BCUT2D eigenvalue weighted by Crippen LogP contribution is 2.30. The summed E-state index contributed by atoms with van der Waals surface area (Å²) in [6.45, 7) is 14.6. The lowest BCUT2D eigenvalue weighted by molar-refractivity contribution is 0.0954. The Hall–Kier alpha value is -3.90. The van der Waals surface area contributed by atoms with Gasteiger partial charge in [0.25, 0.3) is 11.7 Å². The fraction of sp³-hybridized carbons (Fsp3) is 0.208. The second-order valence-corrected chi connectivity index (χ2v) is 8.51. The van der Waals surface area contributed by atoms with E-state index in [0.29, 0.717) is 27.5 Å². The van der Waals surface area contributed by atoms with Crippen molar-refractivity contribution in [1.29, 1.82) is 0 Å². The summed E-state index contributed by atoms with van der Waals surface area (Å²) in [6.07, 6.45) is 1.61. The van der Waals surface area contributed by atoms with Gasteiger partial charge in [-0.2, -0.15) is 5.10 Å². The molecule has 0 aliphatic carbocycles. The molecule has 0 atom stereocenters. The van der Waals surface area contributed by atoms with Gasteiger partial charge in [-0.05, 0) is 51.0 Å². The van der Waals surface area contributed by atoms with Gasteiger partial charge in [-0.1, -0.05) is 18.7 Å². The van der Waals surface area contributed by atoms with Crippen molar-refractivity contribution < 1.29 is 9.18 Å². The van der Waals surface area contributed by atoms with Crippen molar-refractivity contribution in [2.75, 3.05) is 0 Å². The molecule has 0 saturated heterocycles. The third-order valence-corrected chi connectivity index (χ3v) is 6.34. The van der Waals surface area contributed by atoms with Gasteiger partial charge >= 0.3 is 0 Å². The first kappa shape index (κ1) is 22.3. The van der Waals surface area contributed by atoms with Crippen LogP contribution in [0, 0.1) is 40.1 Å². The maximum absolute atomic E-state index is 14.9. The molecule has 0 aliphatic rings. The van der Waals surface area contributed by atoms with Crippen molar-refractivity contribution in [3.05, 3.63) is 86.3 Å². The highest BCUT2D eigenvalue weighted by Gasteiger charge is 2.18. The van der Waals surface area contributed by atoms with Gasteiger partial charge in [0.1, 0.15) is 22.6 Å². The molecule has 0 bridgehead atoms. The van der Waals surface area contributed by atoms with Gasteiger partial charge in [0, 0.05) is 23.4 Å². The van der Waals surface area contributed by atoms with E-state index in [1.165, 1.54) is 17.4 Å². The van der Waals surface area contributed by atoms with Gasteiger partial charge < -0.3 is 10.2 Å². The number of aromatic nitrogens is 4. The fourth-order valence-electron chi connectivity index (χ4n) is 3.72. The van der Waals surface area contributed by atoms with Crippen molar-refractivity contribution >= 4 is 23.1 Å². The number of benzene rings is 1. The zero-order chi connectivity index (χ0) is 23.7. The third-order valence-electron chi connectivity index (χ3n) is 5.41. The number of carbonyl (C=O) groups excluding carboxylic acids is 1. The Morgan fingerprint density at radius 3 is 2.61 bits per heavy atom. The predicted octanol–water partition coefficient (Wildman–Crippen LogP) is 5.24. The van der Waals surface area contributed by atoms with Crippen LogP contribution in [0.15, 0.2) is 36.0 Å². The van der Waals surface area contributed by atoms with E-state index < -0.39 is 5.82 Å². The average molecular weight is 461 g/mol. The molecule has 0 spiro atoms. The topological polar surface area (TPSA) is 77.1 Å². The van der Waals surface area contributed by atoms with Gasteiger partial charge in [-0.25, -0.2) is 14.1 Å². The molecule has 3 aromatic heterocycles. The molecule has 4 aromatic rings. The van der Waals surface area contributed by atoms with Crippen LogP contribution in [-0.4, -0.2) is 25.7 Å². The molecule has 7 nitrogen and oxygen atoms in total. The number of thiazole rings is 1. The lowest BCUT2D eigenvalue weighted by Gasteiger charge is -2.09. The van der Waals surface area contributed by atoms with Crippen LogP contribution in [0.3, 0.4) is 0 Å². The lowest BCUT2D eigenvalue weighted by atomic mass is 10.0. The molecule has 9 heteroatoms. The highest BCUT2D eigenvalue weighted by atomic mass is 32.1. The largest absolute Gasteiger partial charge is 0.360 e. The molecule has 0 aliphatic heterocycles. The predicted molar refractivity (Wildman–Crippen MR) is 125 cm³/mol. The first-order valence-corrected chi connectivity index (χ1v) is 11.1. The summed E-state index contributed by atoms with van der Waals surface area (Å²) >= 11 is 1.26.